The van der Waals surface area contributed by atoms with Gasteiger partial charge >= 0.3 is 0 Å². The van der Waals surface area contributed by atoms with Crippen LogP contribution in [0.3, 0.4) is 0 Å². The molecule has 0 spiro atoms. The highest BCUT2D eigenvalue weighted by atomic mass is 16.5. The number of hydrogen-bond donors (Lipinski definition) is 1. The monoisotopic (exact) mass is 225 g/mol. The van der Waals surface area contributed by atoms with Crippen LogP contribution in [0.15, 0.2) is 12.4 Å². The standard InChI is InChI=1S/C12H23N3O/c1-3-5-7-16-8-6-13-9-12-10-14-15(4-2)11-12/h10-11,13H,3-9H2,1-2H3. The van der Waals surface area contributed by atoms with Crippen LogP contribution in [-0.2, 0) is 17.8 Å². The molecule has 0 atom stereocenters. The van der Waals surface area contributed by atoms with E-state index in [9.17, 15) is 0 Å². The van der Waals surface area contributed by atoms with Crippen molar-refractivity contribution in [2.75, 3.05) is 19.8 Å². The summed E-state index contributed by atoms with van der Waals surface area (Å²) in [6, 6.07) is 0. The first-order chi connectivity index (χ1) is 7.86. The van der Waals surface area contributed by atoms with E-state index >= 15 is 0 Å². The third kappa shape index (κ3) is 5.28. The van der Waals surface area contributed by atoms with Gasteiger partial charge in [-0.25, -0.2) is 0 Å². The summed E-state index contributed by atoms with van der Waals surface area (Å²) in [5.74, 6) is 0. The van der Waals surface area contributed by atoms with Gasteiger partial charge in [0.05, 0.1) is 12.8 Å². The van der Waals surface area contributed by atoms with Gasteiger partial charge in [0.25, 0.3) is 0 Å². The molecule has 0 fully saturated rings. The van der Waals surface area contributed by atoms with Crippen LogP contribution in [0.4, 0.5) is 0 Å². The number of aromatic nitrogens is 2. The predicted molar refractivity (Wildman–Crippen MR) is 65.3 cm³/mol. The molecule has 0 saturated heterocycles. The van der Waals surface area contributed by atoms with Gasteiger partial charge in [-0.05, 0) is 13.3 Å². The summed E-state index contributed by atoms with van der Waals surface area (Å²) in [7, 11) is 0. The smallest absolute Gasteiger partial charge is 0.0591 e. The first-order valence-corrected chi connectivity index (χ1v) is 6.16. The minimum absolute atomic E-state index is 0.794. The van der Waals surface area contributed by atoms with Crippen molar-refractivity contribution >= 4 is 0 Å². The maximum atomic E-state index is 5.46. The van der Waals surface area contributed by atoms with Crippen molar-refractivity contribution in [3.63, 3.8) is 0 Å². The molecule has 0 aliphatic rings. The Morgan fingerprint density at radius 1 is 1.38 bits per heavy atom. The average molecular weight is 225 g/mol. The van der Waals surface area contributed by atoms with Crippen molar-refractivity contribution in [3.05, 3.63) is 18.0 Å². The van der Waals surface area contributed by atoms with Gasteiger partial charge in [-0.15, -0.1) is 0 Å². The Morgan fingerprint density at radius 2 is 2.25 bits per heavy atom. The molecule has 92 valence electrons. The zero-order valence-corrected chi connectivity index (χ0v) is 10.4. The summed E-state index contributed by atoms with van der Waals surface area (Å²) in [4.78, 5) is 0. The largest absolute Gasteiger partial charge is 0.380 e. The summed E-state index contributed by atoms with van der Waals surface area (Å²) in [5.41, 5.74) is 1.23. The predicted octanol–water partition coefficient (Wildman–Crippen LogP) is 1.81. The van der Waals surface area contributed by atoms with E-state index in [0.717, 1.165) is 39.3 Å². The Bertz CT molecular complexity index is 273. The molecule has 0 aliphatic heterocycles. The first-order valence-electron chi connectivity index (χ1n) is 6.16. The number of rotatable bonds is 9. The maximum Gasteiger partial charge on any atom is 0.0591 e. The van der Waals surface area contributed by atoms with Gasteiger partial charge in [-0.1, -0.05) is 13.3 Å². The molecule has 0 saturated carbocycles. The molecular weight excluding hydrogens is 202 g/mol. The van der Waals surface area contributed by atoms with Gasteiger partial charge in [0.1, 0.15) is 0 Å². The molecule has 1 aromatic rings. The fourth-order valence-corrected chi connectivity index (χ4v) is 1.40. The first kappa shape index (κ1) is 13.2. The van der Waals surface area contributed by atoms with E-state index in [4.69, 9.17) is 4.74 Å². The molecule has 1 heterocycles. The van der Waals surface area contributed by atoms with E-state index in [1.807, 2.05) is 10.9 Å². The molecule has 0 radical (unpaired) electrons. The van der Waals surface area contributed by atoms with E-state index in [1.54, 1.807) is 0 Å². The fraction of sp³-hybridized carbons (Fsp3) is 0.750. The summed E-state index contributed by atoms with van der Waals surface area (Å²) in [6.45, 7) is 8.64. The van der Waals surface area contributed by atoms with Gasteiger partial charge in [-0.2, -0.15) is 5.10 Å². The number of unbranched alkanes of at least 4 members (excludes halogenated alkanes) is 1. The van der Waals surface area contributed by atoms with Gasteiger partial charge < -0.3 is 10.1 Å². The average Bonchev–Trinajstić information content (AvgIpc) is 2.76. The molecule has 0 aromatic carbocycles. The summed E-state index contributed by atoms with van der Waals surface area (Å²) in [5, 5.41) is 7.56. The SMILES string of the molecule is CCCCOCCNCc1cnn(CC)c1. The highest BCUT2D eigenvalue weighted by Gasteiger charge is 1.96. The minimum Gasteiger partial charge on any atom is -0.380 e. The van der Waals surface area contributed by atoms with Crippen molar-refractivity contribution < 1.29 is 4.74 Å². The van der Waals surface area contributed by atoms with Gasteiger partial charge in [0.15, 0.2) is 0 Å². The van der Waals surface area contributed by atoms with E-state index < -0.39 is 0 Å². The quantitative estimate of drug-likeness (QED) is 0.651. The van der Waals surface area contributed by atoms with Crippen molar-refractivity contribution in [3.8, 4) is 0 Å². The molecule has 4 nitrogen and oxygen atoms in total. The van der Waals surface area contributed by atoms with E-state index in [1.165, 1.54) is 12.0 Å². The van der Waals surface area contributed by atoms with Crippen LogP contribution in [0.2, 0.25) is 0 Å². The van der Waals surface area contributed by atoms with Crippen LogP contribution >= 0.6 is 0 Å². The molecule has 0 amide bonds. The lowest BCUT2D eigenvalue weighted by Crippen LogP contribution is -2.19. The van der Waals surface area contributed by atoms with Crippen molar-refractivity contribution in [2.24, 2.45) is 0 Å². The molecule has 0 bridgehead atoms. The summed E-state index contributed by atoms with van der Waals surface area (Å²) in [6.07, 6.45) is 6.34. The van der Waals surface area contributed by atoms with Crippen LogP contribution in [0, 0.1) is 0 Å². The van der Waals surface area contributed by atoms with Crippen LogP contribution in [0.25, 0.3) is 0 Å². The maximum absolute atomic E-state index is 5.46. The van der Waals surface area contributed by atoms with Crippen LogP contribution in [-0.4, -0.2) is 29.5 Å². The highest BCUT2D eigenvalue weighted by molar-refractivity contribution is 5.02. The van der Waals surface area contributed by atoms with Crippen LogP contribution in [0.1, 0.15) is 32.3 Å². The second-order valence-electron chi connectivity index (χ2n) is 3.85. The Morgan fingerprint density at radius 3 is 2.94 bits per heavy atom. The van der Waals surface area contributed by atoms with Gasteiger partial charge in [0.2, 0.25) is 0 Å². The van der Waals surface area contributed by atoms with E-state index in [-0.39, 0.29) is 0 Å². The highest BCUT2D eigenvalue weighted by Crippen LogP contribution is 1.96. The Labute approximate surface area is 98.0 Å². The lowest BCUT2D eigenvalue weighted by atomic mass is 10.3. The molecule has 0 unspecified atom stereocenters. The van der Waals surface area contributed by atoms with Crippen molar-refractivity contribution in [2.45, 2.75) is 39.8 Å². The third-order valence-electron chi connectivity index (χ3n) is 2.41. The fourth-order valence-electron chi connectivity index (χ4n) is 1.40. The molecule has 1 aromatic heterocycles. The van der Waals surface area contributed by atoms with Gasteiger partial charge in [0, 0.05) is 38.0 Å². The Hall–Kier alpha value is -0.870. The normalized spacial score (nSPS) is 10.9. The van der Waals surface area contributed by atoms with Crippen molar-refractivity contribution in [1.82, 2.24) is 15.1 Å². The Kier molecular flexibility index (Phi) is 6.85. The number of ether oxygens (including phenoxy) is 1. The molecule has 0 aliphatic carbocycles. The third-order valence-corrected chi connectivity index (χ3v) is 2.41. The van der Waals surface area contributed by atoms with E-state index in [0.29, 0.717) is 0 Å². The van der Waals surface area contributed by atoms with Crippen LogP contribution in [0.5, 0.6) is 0 Å². The number of hydrogen-bond acceptors (Lipinski definition) is 3. The number of nitrogens with zero attached hydrogens (tertiary/aromatic N) is 2. The Balaban J connectivity index is 1.98. The summed E-state index contributed by atoms with van der Waals surface area (Å²) < 4.78 is 7.39. The molecule has 4 heteroatoms. The topological polar surface area (TPSA) is 39.1 Å². The van der Waals surface area contributed by atoms with Crippen molar-refractivity contribution in [1.29, 1.82) is 0 Å². The van der Waals surface area contributed by atoms with Crippen LogP contribution < -0.4 is 5.32 Å². The molecule has 1 rings (SSSR count). The lowest BCUT2D eigenvalue weighted by molar-refractivity contribution is 0.133. The zero-order chi connectivity index (χ0) is 11.6. The molecular formula is C12H23N3O. The summed E-state index contributed by atoms with van der Waals surface area (Å²) >= 11 is 0. The lowest BCUT2D eigenvalue weighted by Gasteiger charge is -2.04. The van der Waals surface area contributed by atoms with Gasteiger partial charge in [-0.3, -0.25) is 4.68 Å². The second kappa shape index (κ2) is 8.30. The second-order valence-corrected chi connectivity index (χ2v) is 3.85. The molecule has 1 N–H and O–H groups in total. The molecule has 16 heavy (non-hydrogen) atoms. The van der Waals surface area contributed by atoms with E-state index in [2.05, 4.69) is 30.5 Å². The minimum atomic E-state index is 0.794. The number of nitrogens with one attached hydrogen (secondary N) is 1. The number of aryl methyl sites for hydroxylation is 1. The zero-order valence-electron chi connectivity index (χ0n) is 10.4.